The van der Waals surface area contributed by atoms with Crippen LogP contribution in [0.2, 0.25) is 0 Å². The van der Waals surface area contributed by atoms with E-state index in [2.05, 4.69) is 504 Å². The summed E-state index contributed by atoms with van der Waals surface area (Å²) in [5, 5.41) is 12.5. The fourth-order valence-corrected chi connectivity index (χ4v) is 23.5. The third-order valence-corrected chi connectivity index (χ3v) is 29.3. The highest BCUT2D eigenvalue weighted by Crippen LogP contribution is 2.60. The Morgan fingerprint density at radius 2 is 0.485 bits per heavy atom. The molecular weight excluding hydrogens is 1620 g/mol. The van der Waals surface area contributed by atoms with Gasteiger partial charge in [-0.1, -0.05) is 352 Å². The molecule has 6 heteroatoms. The van der Waals surface area contributed by atoms with E-state index in [0.717, 1.165) is 144 Å². The molecule has 2 aliphatic rings. The Balaban J connectivity index is 0.568. The zero-order chi connectivity index (χ0) is 87.9. The summed E-state index contributed by atoms with van der Waals surface area (Å²) in [6, 6.07) is 180. The van der Waals surface area contributed by atoms with Crippen molar-refractivity contribution in [2.24, 2.45) is 0 Å². The molecule has 0 saturated heterocycles. The average molecular weight is 1700 g/mol. The third-order valence-electron chi connectivity index (χ3n) is 29.3. The van der Waals surface area contributed by atoms with E-state index in [1.807, 2.05) is 0 Å². The number of nitrogens with zero attached hydrogens (tertiary/aromatic N) is 6. The Morgan fingerprint density at radius 1 is 0.172 bits per heavy atom. The van der Waals surface area contributed by atoms with Gasteiger partial charge in [0.1, 0.15) is 0 Å². The number of fused-ring (bicyclic) bond motifs is 21. The molecule has 0 spiro atoms. The van der Waals surface area contributed by atoms with E-state index in [1.54, 1.807) is 0 Å². The number of aromatic nitrogens is 6. The van der Waals surface area contributed by atoms with Crippen LogP contribution >= 0.6 is 0 Å². The Kier molecular flexibility index (Phi) is 16.6. The lowest BCUT2D eigenvalue weighted by Gasteiger charge is -2.34. The second-order valence-electron chi connectivity index (χ2n) is 36.1. The molecule has 0 amide bonds. The molecule has 21 aromatic carbocycles. The van der Waals surface area contributed by atoms with Crippen molar-refractivity contribution in [2.45, 2.75) is 10.8 Å². The van der Waals surface area contributed by atoms with Crippen LogP contribution in [0.3, 0.4) is 0 Å². The summed E-state index contributed by atoms with van der Waals surface area (Å²) in [5.74, 6) is 0.593. The Hall–Kier alpha value is -17.6. The monoisotopic (exact) mass is 1700 g/mol. The number of hydrogen-bond acceptors (Lipinski definition) is 2. The summed E-state index contributed by atoms with van der Waals surface area (Å²) >= 11 is 0. The molecule has 5 heterocycles. The molecule has 0 saturated carbocycles. The molecule has 622 valence electrons. The minimum absolute atomic E-state index is 0.526. The van der Waals surface area contributed by atoms with Gasteiger partial charge in [-0.2, -0.15) is 0 Å². The second kappa shape index (κ2) is 29.5. The first-order valence-corrected chi connectivity index (χ1v) is 46.3. The van der Waals surface area contributed by atoms with Crippen LogP contribution in [0.25, 0.3) is 210 Å². The summed E-state index contributed by atoms with van der Waals surface area (Å²) in [6.45, 7) is 0. The lowest BCUT2D eigenvalue weighted by Crippen LogP contribution is -2.28. The van der Waals surface area contributed by atoms with Gasteiger partial charge in [0.15, 0.2) is 0 Å². The van der Waals surface area contributed by atoms with Crippen LogP contribution in [0.1, 0.15) is 44.5 Å². The average Bonchev–Trinajstić information content (AvgIpc) is 1.53. The van der Waals surface area contributed by atoms with Gasteiger partial charge in [0.2, 0.25) is 5.95 Å². The summed E-state index contributed by atoms with van der Waals surface area (Å²) in [7, 11) is 0. The molecule has 26 aromatic rings. The zero-order valence-corrected chi connectivity index (χ0v) is 72.9. The summed E-state index contributed by atoms with van der Waals surface area (Å²) < 4.78 is 9.71. The van der Waals surface area contributed by atoms with Gasteiger partial charge in [-0.3, -0.25) is 4.57 Å². The molecule has 28 rings (SSSR count). The van der Waals surface area contributed by atoms with Crippen LogP contribution in [0.15, 0.2) is 485 Å². The standard InChI is InChI=1S/C128H80N6/c1-7-31-81(32-8-1)88-71-89(82-33-9-2-10-34-82)73-90(72-88)125-124-98-63-60-95(131-116-51-27-21-45-103(116)107-75-83(56-67-120(107)131)84-57-68-121-108(76-84)104-46-22-28-52-117(104)132(121)96-61-64-101-99-43-19-25-49-111(99)127(113(101)79-96,91-35-11-3-12-36-91)92-37-13-4-14-38-92)74-87(98)55-66-115(124)129-126(130-125)134-119-54-30-24-48-106(119)110-78-86(59-70-123(110)134)85-58-69-122-109(77-85)105-47-23-29-53-118(105)133(122)97-62-65-102-100-44-20-26-50-112(100)128(114(102)80-97,93-39-15-5-16-40-93)94-41-17-6-18-42-94/h1-80H. The molecule has 134 heavy (non-hydrogen) atoms. The fraction of sp³-hybridized carbons (Fsp3) is 0.0156. The predicted molar refractivity (Wildman–Crippen MR) is 556 cm³/mol. The molecule has 6 nitrogen and oxygen atoms in total. The van der Waals surface area contributed by atoms with Crippen molar-refractivity contribution in [1.29, 1.82) is 0 Å². The molecule has 0 fully saturated rings. The van der Waals surface area contributed by atoms with E-state index in [0.29, 0.717) is 5.95 Å². The van der Waals surface area contributed by atoms with Gasteiger partial charge in [-0.15, -0.1) is 0 Å². The van der Waals surface area contributed by atoms with Crippen LogP contribution in [0.5, 0.6) is 0 Å². The molecule has 0 unspecified atom stereocenters. The van der Waals surface area contributed by atoms with E-state index in [-0.39, 0.29) is 0 Å². The number of benzene rings is 21. The SMILES string of the molecule is c1ccc(-c2cc(-c3ccccc3)cc(-c3nc(-n4c5ccccc5c5cc(-c6ccc7c(c6)c6ccccc6n7-c6ccc7c(c6)C(c6ccccc6)(c6ccccc6)c6ccccc6-7)ccc54)nc4ccc5cc(-n6c7ccccc7c7cc(-c8ccc9c(c8)c8ccccc8n9-c8ccc9c(c8)C(c8ccccc8)(c8ccccc8)c8ccccc8-9)ccc76)ccc5c34)c2)cc1. The summed E-state index contributed by atoms with van der Waals surface area (Å²) in [4.78, 5) is 11.8. The van der Waals surface area contributed by atoms with Crippen LogP contribution in [0, 0.1) is 0 Å². The maximum atomic E-state index is 5.99. The van der Waals surface area contributed by atoms with Crippen molar-refractivity contribution in [1.82, 2.24) is 28.2 Å². The molecule has 0 atom stereocenters. The maximum absolute atomic E-state index is 5.99. The van der Waals surface area contributed by atoms with E-state index >= 15 is 0 Å². The van der Waals surface area contributed by atoms with Gasteiger partial charge in [-0.25, -0.2) is 9.97 Å². The van der Waals surface area contributed by atoms with Gasteiger partial charge in [0, 0.05) is 71.1 Å². The second-order valence-corrected chi connectivity index (χ2v) is 36.1. The molecule has 0 N–H and O–H groups in total. The Bertz CT molecular complexity index is 9230. The van der Waals surface area contributed by atoms with E-state index < -0.39 is 10.8 Å². The largest absolute Gasteiger partial charge is 0.309 e. The fourth-order valence-electron chi connectivity index (χ4n) is 23.5. The predicted octanol–water partition coefficient (Wildman–Crippen LogP) is 32.2. The first-order valence-electron chi connectivity index (χ1n) is 46.3. The van der Waals surface area contributed by atoms with Gasteiger partial charge < -0.3 is 13.7 Å². The third kappa shape index (κ3) is 11.1. The Morgan fingerprint density at radius 3 is 0.888 bits per heavy atom. The molecule has 5 aromatic heterocycles. The minimum Gasteiger partial charge on any atom is -0.309 e. The van der Waals surface area contributed by atoms with E-state index in [9.17, 15) is 0 Å². The topological polar surface area (TPSA) is 45.5 Å². The van der Waals surface area contributed by atoms with Gasteiger partial charge >= 0.3 is 0 Å². The Labute approximate surface area is 773 Å². The van der Waals surface area contributed by atoms with Crippen LogP contribution in [-0.4, -0.2) is 28.2 Å². The lowest BCUT2D eigenvalue weighted by atomic mass is 9.67. The highest BCUT2D eigenvalue weighted by atomic mass is 15.2. The van der Waals surface area contributed by atoms with E-state index in [1.165, 1.54) is 105 Å². The minimum atomic E-state index is -0.535. The van der Waals surface area contributed by atoms with Crippen molar-refractivity contribution < 1.29 is 0 Å². The molecule has 2 aliphatic carbocycles. The van der Waals surface area contributed by atoms with Gasteiger partial charge in [0.25, 0.3) is 0 Å². The molecule has 0 radical (unpaired) electrons. The maximum Gasteiger partial charge on any atom is 0.235 e. The van der Waals surface area contributed by atoms with Crippen LogP contribution < -0.4 is 0 Å². The van der Waals surface area contributed by atoms with E-state index in [4.69, 9.17) is 9.97 Å². The highest BCUT2D eigenvalue weighted by Gasteiger charge is 2.48. The first-order chi connectivity index (χ1) is 66.4. The van der Waals surface area contributed by atoms with Gasteiger partial charge in [-0.05, 0) is 256 Å². The number of hydrogen-bond donors (Lipinski definition) is 0. The van der Waals surface area contributed by atoms with Crippen LogP contribution in [0.4, 0.5) is 0 Å². The summed E-state index contributed by atoms with van der Waals surface area (Å²) in [5.41, 5.74) is 38.1. The van der Waals surface area contributed by atoms with Crippen molar-refractivity contribution in [3.63, 3.8) is 0 Å². The van der Waals surface area contributed by atoms with Gasteiger partial charge in [0.05, 0.1) is 66.2 Å². The van der Waals surface area contributed by atoms with Crippen molar-refractivity contribution in [3.05, 3.63) is 530 Å². The van der Waals surface area contributed by atoms with Crippen LogP contribution in [-0.2, 0) is 10.8 Å². The van der Waals surface area contributed by atoms with Crippen molar-refractivity contribution in [3.8, 4) is 101 Å². The van der Waals surface area contributed by atoms with Crippen molar-refractivity contribution >= 4 is 109 Å². The first kappa shape index (κ1) is 75.4. The number of para-hydroxylation sites is 4. The normalized spacial score (nSPS) is 13.0. The quantitative estimate of drug-likeness (QED) is 0.108. The molecule has 0 bridgehead atoms. The smallest absolute Gasteiger partial charge is 0.235 e. The molecular formula is C128H80N6. The highest BCUT2D eigenvalue weighted by molar-refractivity contribution is 6.18. The lowest BCUT2D eigenvalue weighted by molar-refractivity contribution is 0.767. The van der Waals surface area contributed by atoms with Crippen molar-refractivity contribution in [2.75, 3.05) is 0 Å². The number of rotatable bonds is 13. The molecule has 0 aliphatic heterocycles. The summed E-state index contributed by atoms with van der Waals surface area (Å²) in [6.07, 6.45) is 0. The zero-order valence-electron chi connectivity index (χ0n) is 72.9.